The molecule has 0 fully saturated rings. The Labute approximate surface area is 116 Å². The average Bonchev–Trinajstić information content (AvgIpc) is 2.87. The third-order valence-electron chi connectivity index (χ3n) is 4.01. The third-order valence-corrected chi connectivity index (χ3v) is 4.01. The molecule has 0 aliphatic rings. The quantitative estimate of drug-likeness (QED) is 0.819. The molecule has 1 atom stereocenters. The summed E-state index contributed by atoms with van der Waals surface area (Å²) in [6.45, 7) is 7.74. The van der Waals surface area contributed by atoms with E-state index in [1.165, 1.54) is 30.3 Å². The van der Waals surface area contributed by atoms with Crippen LogP contribution in [0, 0.1) is 5.92 Å². The summed E-state index contributed by atoms with van der Waals surface area (Å²) >= 11 is 0. The van der Waals surface area contributed by atoms with Gasteiger partial charge in [-0.3, -0.25) is 0 Å². The summed E-state index contributed by atoms with van der Waals surface area (Å²) in [6, 6.07) is 6.67. The SMILES string of the molecule is CCNC(CC(CC)CC)c1cnn2ccccc12. The topological polar surface area (TPSA) is 29.3 Å². The van der Waals surface area contributed by atoms with Crippen molar-refractivity contribution in [2.24, 2.45) is 5.92 Å². The first-order chi connectivity index (χ1) is 9.30. The van der Waals surface area contributed by atoms with Crippen molar-refractivity contribution in [3.05, 3.63) is 36.2 Å². The first kappa shape index (κ1) is 14.1. The highest BCUT2D eigenvalue weighted by molar-refractivity contribution is 5.54. The van der Waals surface area contributed by atoms with Gasteiger partial charge in [0, 0.05) is 17.8 Å². The molecule has 1 N–H and O–H groups in total. The van der Waals surface area contributed by atoms with Gasteiger partial charge in [-0.05, 0) is 31.0 Å². The largest absolute Gasteiger partial charge is 0.310 e. The molecular formula is C16H25N3. The van der Waals surface area contributed by atoms with E-state index in [1.54, 1.807) is 0 Å². The minimum atomic E-state index is 0.412. The monoisotopic (exact) mass is 259 g/mol. The van der Waals surface area contributed by atoms with Crippen LogP contribution in [0.25, 0.3) is 5.52 Å². The van der Waals surface area contributed by atoms with E-state index in [0.717, 1.165) is 12.5 Å². The van der Waals surface area contributed by atoms with Crippen molar-refractivity contribution in [2.45, 2.75) is 46.1 Å². The lowest BCUT2D eigenvalue weighted by Gasteiger charge is -2.22. The van der Waals surface area contributed by atoms with Crippen LogP contribution in [0.3, 0.4) is 0 Å². The van der Waals surface area contributed by atoms with Gasteiger partial charge in [0.05, 0.1) is 11.7 Å². The van der Waals surface area contributed by atoms with E-state index in [1.807, 2.05) is 23.0 Å². The van der Waals surface area contributed by atoms with E-state index in [2.05, 4.69) is 43.3 Å². The van der Waals surface area contributed by atoms with Crippen LogP contribution in [-0.2, 0) is 0 Å². The number of pyridine rings is 1. The molecule has 2 aromatic rings. The second-order valence-electron chi connectivity index (χ2n) is 5.16. The third kappa shape index (κ3) is 3.16. The smallest absolute Gasteiger partial charge is 0.0709 e. The van der Waals surface area contributed by atoms with E-state index < -0.39 is 0 Å². The minimum Gasteiger partial charge on any atom is -0.310 e. The van der Waals surface area contributed by atoms with Gasteiger partial charge in [0.1, 0.15) is 0 Å². The van der Waals surface area contributed by atoms with Crippen LogP contribution in [0.2, 0.25) is 0 Å². The Morgan fingerprint density at radius 3 is 2.68 bits per heavy atom. The fourth-order valence-electron chi connectivity index (χ4n) is 2.74. The molecule has 0 bridgehead atoms. The number of rotatable bonds is 7. The lowest BCUT2D eigenvalue weighted by Crippen LogP contribution is -2.23. The zero-order valence-corrected chi connectivity index (χ0v) is 12.3. The van der Waals surface area contributed by atoms with Gasteiger partial charge in [0.2, 0.25) is 0 Å². The molecule has 3 heteroatoms. The zero-order chi connectivity index (χ0) is 13.7. The molecule has 104 valence electrons. The molecule has 1 unspecified atom stereocenters. The number of nitrogens with one attached hydrogen (secondary N) is 1. The maximum atomic E-state index is 4.46. The van der Waals surface area contributed by atoms with Gasteiger partial charge < -0.3 is 5.32 Å². The maximum absolute atomic E-state index is 4.46. The van der Waals surface area contributed by atoms with E-state index in [-0.39, 0.29) is 0 Å². The Kier molecular flexibility index (Phi) is 4.97. The fourth-order valence-corrected chi connectivity index (χ4v) is 2.74. The van der Waals surface area contributed by atoms with E-state index in [0.29, 0.717) is 6.04 Å². The van der Waals surface area contributed by atoms with E-state index >= 15 is 0 Å². The van der Waals surface area contributed by atoms with Gasteiger partial charge in [-0.25, -0.2) is 4.52 Å². The zero-order valence-electron chi connectivity index (χ0n) is 12.3. The summed E-state index contributed by atoms with van der Waals surface area (Å²) in [7, 11) is 0. The summed E-state index contributed by atoms with van der Waals surface area (Å²) in [5.41, 5.74) is 2.55. The van der Waals surface area contributed by atoms with Crippen LogP contribution in [0.15, 0.2) is 30.6 Å². The van der Waals surface area contributed by atoms with Crippen molar-refractivity contribution in [2.75, 3.05) is 6.54 Å². The van der Waals surface area contributed by atoms with Crippen molar-refractivity contribution in [1.82, 2.24) is 14.9 Å². The Morgan fingerprint density at radius 1 is 1.21 bits per heavy atom. The van der Waals surface area contributed by atoms with Crippen LogP contribution in [-0.4, -0.2) is 16.2 Å². The molecule has 2 rings (SSSR count). The average molecular weight is 259 g/mol. The van der Waals surface area contributed by atoms with Gasteiger partial charge in [-0.2, -0.15) is 5.10 Å². The van der Waals surface area contributed by atoms with Crippen molar-refractivity contribution in [1.29, 1.82) is 0 Å². The molecule has 2 aromatic heterocycles. The predicted molar refractivity (Wildman–Crippen MR) is 80.3 cm³/mol. The van der Waals surface area contributed by atoms with Crippen molar-refractivity contribution < 1.29 is 0 Å². The molecule has 19 heavy (non-hydrogen) atoms. The van der Waals surface area contributed by atoms with Crippen molar-refractivity contribution in [3.8, 4) is 0 Å². The highest BCUT2D eigenvalue weighted by Gasteiger charge is 2.18. The summed E-state index contributed by atoms with van der Waals surface area (Å²) in [5, 5.41) is 8.08. The first-order valence-corrected chi connectivity index (χ1v) is 7.45. The van der Waals surface area contributed by atoms with Gasteiger partial charge in [-0.1, -0.05) is 39.7 Å². The second-order valence-corrected chi connectivity index (χ2v) is 5.16. The molecule has 0 amide bonds. The molecule has 0 saturated carbocycles. The molecule has 0 radical (unpaired) electrons. The first-order valence-electron chi connectivity index (χ1n) is 7.45. The number of nitrogens with zero attached hydrogens (tertiary/aromatic N) is 2. The van der Waals surface area contributed by atoms with Gasteiger partial charge in [0.15, 0.2) is 0 Å². The molecule has 0 aromatic carbocycles. The molecular weight excluding hydrogens is 234 g/mol. The lowest BCUT2D eigenvalue weighted by molar-refractivity contribution is 0.377. The second kappa shape index (κ2) is 6.71. The van der Waals surface area contributed by atoms with Crippen LogP contribution < -0.4 is 5.32 Å². The molecule has 0 aliphatic carbocycles. The van der Waals surface area contributed by atoms with Gasteiger partial charge in [0.25, 0.3) is 0 Å². The minimum absolute atomic E-state index is 0.412. The van der Waals surface area contributed by atoms with Crippen LogP contribution in [0.4, 0.5) is 0 Å². The van der Waals surface area contributed by atoms with Gasteiger partial charge in [-0.15, -0.1) is 0 Å². The maximum Gasteiger partial charge on any atom is 0.0709 e. The van der Waals surface area contributed by atoms with Crippen LogP contribution >= 0.6 is 0 Å². The van der Waals surface area contributed by atoms with Crippen molar-refractivity contribution >= 4 is 5.52 Å². The normalized spacial score (nSPS) is 13.3. The molecule has 0 aliphatic heterocycles. The lowest BCUT2D eigenvalue weighted by atomic mass is 9.91. The fraction of sp³-hybridized carbons (Fsp3) is 0.562. The van der Waals surface area contributed by atoms with E-state index in [9.17, 15) is 0 Å². The Hall–Kier alpha value is -1.35. The van der Waals surface area contributed by atoms with Crippen LogP contribution in [0.5, 0.6) is 0 Å². The highest BCUT2D eigenvalue weighted by Crippen LogP contribution is 2.27. The van der Waals surface area contributed by atoms with Crippen LogP contribution in [0.1, 0.15) is 51.6 Å². The Morgan fingerprint density at radius 2 is 2.00 bits per heavy atom. The van der Waals surface area contributed by atoms with E-state index in [4.69, 9.17) is 0 Å². The molecule has 3 nitrogen and oxygen atoms in total. The summed E-state index contributed by atoms with van der Waals surface area (Å²) < 4.78 is 1.96. The predicted octanol–water partition coefficient (Wildman–Crippen LogP) is 3.81. The highest BCUT2D eigenvalue weighted by atomic mass is 15.2. The van der Waals surface area contributed by atoms with Gasteiger partial charge >= 0.3 is 0 Å². The summed E-state index contributed by atoms with van der Waals surface area (Å²) in [5.74, 6) is 0.780. The van der Waals surface area contributed by atoms with Crippen molar-refractivity contribution in [3.63, 3.8) is 0 Å². The Bertz CT molecular complexity index is 499. The molecule has 0 saturated heterocycles. The Balaban J connectivity index is 2.27. The molecule has 0 spiro atoms. The summed E-state index contributed by atoms with van der Waals surface area (Å²) in [6.07, 6.45) is 7.72. The number of aromatic nitrogens is 2. The standard InChI is InChI=1S/C16H25N3/c1-4-13(5-2)11-15(17-6-3)14-12-18-19-10-8-7-9-16(14)19/h7-10,12-13,15,17H,4-6,11H2,1-3H3. The number of hydrogen-bond donors (Lipinski definition) is 1. The summed E-state index contributed by atoms with van der Waals surface area (Å²) in [4.78, 5) is 0. The number of fused-ring (bicyclic) bond motifs is 1. The number of hydrogen-bond acceptors (Lipinski definition) is 2. The molecule has 2 heterocycles.